The van der Waals surface area contributed by atoms with Gasteiger partial charge in [-0.3, -0.25) is 0 Å². The average molecular weight is 233 g/mol. The fourth-order valence-corrected chi connectivity index (χ4v) is 1.99. The fourth-order valence-electron chi connectivity index (χ4n) is 1.99. The first-order chi connectivity index (χ1) is 8.31. The summed E-state index contributed by atoms with van der Waals surface area (Å²) in [6.07, 6.45) is 3.87. The predicted molar refractivity (Wildman–Crippen MR) is 67.8 cm³/mol. The van der Waals surface area contributed by atoms with Gasteiger partial charge in [0.15, 0.2) is 0 Å². The maximum absolute atomic E-state index is 6.23. The molecule has 92 valence electrons. The summed E-state index contributed by atoms with van der Waals surface area (Å²) in [4.78, 5) is 0. The summed E-state index contributed by atoms with van der Waals surface area (Å²) in [5.41, 5.74) is 8.46. The van der Waals surface area contributed by atoms with Gasteiger partial charge in [0.2, 0.25) is 0 Å². The highest BCUT2D eigenvalue weighted by Crippen LogP contribution is 2.27. The van der Waals surface area contributed by atoms with Crippen molar-refractivity contribution in [2.75, 3.05) is 13.2 Å². The van der Waals surface area contributed by atoms with Crippen LogP contribution in [0.5, 0.6) is 5.75 Å². The van der Waals surface area contributed by atoms with Crippen LogP contribution in [0.1, 0.15) is 31.4 Å². The molecule has 0 spiro atoms. The van der Waals surface area contributed by atoms with E-state index in [4.69, 9.17) is 15.2 Å². The van der Waals surface area contributed by atoms with Crippen LogP contribution < -0.4 is 10.5 Å². The minimum atomic E-state index is -0.0873. The van der Waals surface area contributed by atoms with Gasteiger partial charge >= 0.3 is 0 Å². The lowest BCUT2D eigenvalue weighted by molar-refractivity contribution is 0.221. The van der Waals surface area contributed by atoms with Crippen molar-refractivity contribution in [3.63, 3.8) is 0 Å². The topological polar surface area (TPSA) is 44.5 Å². The van der Waals surface area contributed by atoms with Crippen molar-refractivity contribution in [2.45, 2.75) is 25.8 Å². The molecule has 0 aliphatic carbocycles. The van der Waals surface area contributed by atoms with E-state index in [0.29, 0.717) is 6.61 Å². The minimum absolute atomic E-state index is 0.0873. The summed E-state index contributed by atoms with van der Waals surface area (Å²) in [6.45, 7) is 3.45. The first-order valence-electron chi connectivity index (χ1n) is 6.10. The van der Waals surface area contributed by atoms with Gasteiger partial charge in [-0.1, -0.05) is 12.1 Å². The van der Waals surface area contributed by atoms with Crippen molar-refractivity contribution < 1.29 is 9.47 Å². The van der Waals surface area contributed by atoms with Crippen molar-refractivity contribution in [3.05, 3.63) is 41.7 Å². The van der Waals surface area contributed by atoms with E-state index >= 15 is 0 Å². The van der Waals surface area contributed by atoms with E-state index in [2.05, 4.69) is 0 Å². The Labute approximate surface area is 102 Å². The summed E-state index contributed by atoms with van der Waals surface area (Å²) < 4.78 is 10.8. The third kappa shape index (κ3) is 3.01. The minimum Gasteiger partial charge on any atom is -0.501 e. The molecular weight excluding hydrogens is 214 g/mol. The van der Waals surface area contributed by atoms with Gasteiger partial charge in [-0.25, -0.2) is 0 Å². The fraction of sp³-hybridized carbons (Fsp3) is 0.429. The van der Waals surface area contributed by atoms with Gasteiger partial charge in [0.05, 0.1) is 25.5 Å². The second kappa shape index (κ2) is 5.73. The zero-order chi connectivity index (χ0) is 12.1. The number of hydrogen-bond acceptors (Lipinski definition) is 3. The summed E-state index contributed by atoms with van der Waals surface area (Å²) in [6, 6.07) is 7.87. The molecular formula is C14H19NO2. The van der Waals surface area contributed by atoms with Crippen LogP contribution in [0, 0.1) is 0 Å². The monoisotopic (exact) mass is 233 g/mol. The quantitative estimate of drug-likeness (QED) is 0.869. The zero-order valence-corrected chi connectivity index (χ0v) is 10.2. The molecule has 2 N–H and O–H groups in total. The Morgan fingerprint density at radius 1 is 1.47 bits per heavy atom. The van der Waals surface area contributed by atoms with E-state index in [1.165, 1.54) is 0 Å². The van der Waals surface area contributed by atoms with Gasteiger partial charge in [0.1, 0.15) is 5.75 Å². The molecule has 0 saturated carbocycles. The highest BCUT2D eigenvalue weighted by atomic mass is 16.5. The predicted octanol–water partition coefficient (Wildman–Crippen LogP) is 2.78. The molecule has 0 aromatic heterocycles. The summed E-state index contributed by atoms with van der Waals surface area (Å²) in [5, 5.41) is 0. The van der Waals surface area contributed by atoms with Gasteiger partial charge in [0, 0.05) is 0 Å². The molecule has 17 heavy (non-hydrogen) atoms. The summed E-state index contributed by atoms with van der Waals surface area (Å²) in [7, 11) is 0. The van der Waals surface area contributed by atoms with Crippen LogP contribution in [-0.4, -0.2) is 13.2 Å². The zero-order valence-electron chi connectivity index (χ0n) is 10.2. The molecule has 2 rings (SSSR count). The van der Waals surface area contributed by atoms with Gasteiger partial charge in [0.25, 0.3) is 0 Å². The van der Waals surface area contributed by atoms with Crippen LogP contribution in [0.3, 0.4) is 0 Å². The first-order valence-corrected chi connectivity index (χ1v) is 6.10. The van der Waals surface area contributed by atoms with Crippen LogP contribution >= 0.6 is 0 Å². The van der Waals surface area contributed by atoms with Crippen LogP contribution in [0.4, 0.5) is 0 Å². The maximum Gasteiger partial charge on any atom is 0.119 e. The van der Waals surface area contributed by atoms with Crippen molar-refractivity contribution >= 4 is 0 Å². The first kappa shape index (κ1) is 12.0. The van der Waals surface area contributed by atoms with E-state index in [1.54, 1.807) is 0 Å². The Kier molecular flexibility index (Phi) is 4.04. The van der Waals surface area contributed by atoms with Crippen LogP contribution in [0.2, 0.25) is 0 Å². The van der Waals surface area contributed by atoms with Crippen molar-refractivity contribution in [1.29, 1.82) is 0 Å². The third-order valence-corrected chi connectivity index (χ3v) is 2.89. The Morgan fingerprint density at radius 2 is 2.35 bits per heavy atom. The molecule has 1 aromatic rings. The molecule has 0 saturated heterocycles. The molecule has 1 aliphatic rings. The van der Waals surface area contributed by atoms with E-state index in [9.17, 15) is 0 Å². The molecule has 1 heterocycles. The number of rotatable bonds is 4. The van der Waals surface area contributed by atoms with Gasteiger partial charge < -0.3 is 15.2 Å². The highest BCUT2D eigenvalue weighted by Gasteiger charge is 2.15. The van der Waals surface area contributed by atoms with Crippen molar-refractivity contribution in [1.82, 2.24) is 0 Å². The molecule has 1 unspecified atom stereocenters. The third-order valence-electron chi connectivity index (χ3n) is 2.89. The summed E-state index contributed by atoms with van der Waals surface area (Å²) in [5.74, 6) is 0.873. The number of hydrogen-bond donors (Lipinski definition) is 1. The van der Waals surface area contributed by atoms with E-state index < -0.39 is 0 Å². The largest absolute Gasteiger partial charge is 0.501 e. The van der Waals surface area contributed by atoms with Gasteiger partial charge in [-0.15, -0.1) is 0 Å². The van der Waals surface area contributed by atoms with E-state index in [1.807, 2.05) is 37.5 Å². The number of nitrogens with two attached hydrogens (primary N) is 1. The van der Waals surface area contributed by atoms with E-state index in [0.717, 1.165) is 36.3 Å². The molecule has 1 aromatic carbocycles. The molecule has 1 atom stereocenters. The molecule has 0 radical (unpaired) electrons. The van der Waals surface area contributed by atoms with Crippen molar-refractivity contribution in [3.8, 4) is 5.75 Å². The number of ether oxygens (including phenoxy) is 2. The molecule has 0 bridgehead atoms. The Balaban J connectivity index is 2.15. The SMILES string of the molecule is CCOc1cccc(C(N)C2=COCCC2)c1. The number of benzene rings is 1. The normalized spacial score (nSPS) is 16.9. The second-order valence-electron chi connectivity index (χ2n) is 4.15. The molecule has 3 heteroatoms. The van der Waals surface area contributed by atoms with E-state index in [-0.39, 0.29) is 6.04 Å². The lowest BCUT2D eigenvalue weighted by Crippen LogP contribution is -2.16. The molecule has 0 amide bonds. The second-order valence-corrected chi connectivity index (χ2v) is 4.15. The standard InChI is InChI=1S/C14H19NO2/c1-2-17-13-7-3-5-11(9-13)14(15)12-6-4-8-16-10-12/h3,5,7,9-10,14H,2,4,6,8,15H2,1H3. The lowest BCUT2D eigenvalue weighted by Gasteiger charge is -2.20. The maximum atomic E-state index is 6.23. The summed E-state index contributed by atoms with van der Waals surface area (Å²) >= 11 is 0. The van der Waals surface area contributed by atoms with Crippen molar-refractivity contribution in [2.24, 2.45) is 5.73 Å². The Bertz CT molecular complexity index is 401. The molecule has 0 fully saturated rings. The van der Waals surface area contributed by atoms with Gasteiger partial charge in [-0.2, -0.15) is 0 Å². The van der Waals surface area contributed by atoms with Crippen LogP contribution in [-0.2, 0) is 4.74 Å². The van der Waals surface area contributed by atoms with Crippen LogP contribution in [0.15, 0.2) is 36.1 Å². The Morgan fingerprint density at radius 3 is 3.06 bits per heavy atom. The average Bonchev–Trinajstić information content (AvgIpc) is 2.40. The van der Waals surface area contributed by atoms with Gasteiger partial charge in [-0.05, 0) is 43.0 Å². The van der Waals surface area contributed by atoms with Crippen LogP contribution in [0.25, 0.3) is 0 Å². The Hall–Kier alpha value is -1.48. The highest BCUT2D eigenvalue weighted by molar-refractivity contribution is 5.34. The molecule has 1 aliphatic heterocycles. The smallest absolute Gasteiger partial charge is 0.119 e. The lowest BCUT2D eigenvalue weighted by atomic mass is 9.96. The molecule has 3 nitrogen and oxygen atoms in total.